The van der Waals surface area contributed by atoms with Gasteiger partial charge < -0.3 is 4.42 Å². The van der Waals surface area contributed by atoms with E-state index in [9.17, 15) is 0 Å². The van der Waals surface area contributed by atoms with E-state index in [0.717, 1.165) is 26.8 Å². The van der Waals surface area contributed by atoms with Crippen LogP contribution >= 0.6 is 23.1 Å². The minimum absolute atomic E-state index is 0.0334. The largest absolute Gasteiger partial charge is 0.419 e. The molecule has 0 aliphatic rings. The highest BCUT2D eigenvalue weighted by Gasteiger charge is 2.20. The number of aromatic nitrogens is 6. The summed E-state index contributed by atoms with van der Waals surface area (Å²) in [5, 5.41) is 18.5. The summed E-state index contributed by atoms with van der Waals surface area (Å²) in [5.41, 5.74) is 1.95. The van der Waals surface area contributed by atoms with Gasteiger partial charge in [-0.3, -0.25) is 4.40 Å². The Balaban J connectivity index is 1.48. The van der Waals surface area contributed by atoms with Gasteiger partial charge in [0.1, 0.15) is 0 Å². The molecule has 0 radical (unpaired) electrons. The normalized spacial score (nSPS) is 13.0. The summed E-state index contributed by atoms with van der Waals surface area (Å²) < 4.78 is 7.83. The van der Waals surface area contributed by atoms with Crippen LogP contribution in [-0.4, -0.2) is 29.8 Å². The second-order valence-electron chi connectivity index (χ2n) is 5.45. The van der Waals surface area contributed by atoms with Crippen molar-refractivity contribution in [1.29, 1.82) is 0 Å². The lowest BCUT2D eigenvalue weighted by Gasteiger charge is -2.04. The molecular weight excluding hydrogens is 356 g/mol. The van der Waals surface area contributed by atoms with Crippen LogP contribution in [0.1, 0.15) is 18.1 Å². The number of nitrogens with zero attached hydrogens (tertiary/aromatic N) is 5. The molecule has 9 heteroatoms. The van der Waals surface area contributed by atoms with E-state index in [1.807, 2.05) is 53.1 Å². The summed E-state index contributed by atoms with van der Waals surface area (Å²) in [7, 11) is 0. The first-order valence-corrected chi connectivity index (χ1v) is 9.41. The Hall–Kier alpha value is -2.65. The van der Waals surface area contributed by atoms with Crippen LogP contribution in [0.2, 0.25) is 0 Å². The van der Waals surface area contributed by atoms with Crippen molar-refractivity contribution < 1.29 is 4.42 Å². The van der Waals surface area contributed by atoms with Crippen molar-refractivity contribution in [2.45, 2.75) is 17.3 Å². The molecule has 5 rings (SSSR count). The zero-order valence-corrected chi connectivity index (χ0v) is 14.7. The Bertz CT molecular complexity index is 1160. The maximum Gasteiger partial charge on any atom is 0.257 e. The average Bonchev–Trinajstić information content (AvgIpc) is 3.39. The number of nitrogens with one attached hydrogen (secondary N) is 1. The first-order valence-electron chi connectivity index (χ1n) is 7.65. The van der Waals surface area contributed by atoms with Crippen molar-refractivity contribution >= 4 is 39.9 Å². The topological polar surface area (TPSA) is 84.9 Å². The molecule has 0 spiro atoms. The molecule has 0 aliphatic heterocycles. The van der Waals surface area contributed by atoms with Gasteiger partial charge in [-0.15, -0.1) is 26.6 Å². The van der Waals surface area contributed by atoms with Crippen molar-refractivity contribution in [3.63, 3.8) is 0 Å². The standard InChI is InChI=1S/C16H12N6OS2/c1-9(13-18-19-14(23-13)12-7-4-8-24-12)25-16-21-20-15-17-10-5-2-3-6-11(10)22(15)16/h2-9H,1H3,(H,17,20)/t9-/m0/s1. The van der Waals surface area contributed by atoms with E-state index < -0.39 is 0 Å². The van der Waals surface area contributed by atoms with Gasteiger partial charge in [-0.25, -0.2) is 10.1 Å². The van der Waals surface area contributed by atoms with Gasteiger partial charge in [-0.2, -0.15) is 0 Å². The molecule has 0 saturated heterocycles. The highest BCUT2D eigenvalue weighted by Crippen LogP contribution is 2.35. The van der Waals surface area contributed by atoms with Crippen LogP contribution in [-0.2, 0) is 0 Å². The first kappa shape index (κ1) is 14.7. The molecule has 0 fully saturated rings. The third-order valence-electron chi connectivity index (χ3n) is 3.81. The molecule has 1 aromatic carbocycles. The van der Waals surface area contributed by atoms with Crippen molar-refractivity contribution in [2.24, 2.45) is 0 Å². The fourth-order valence-electron chi connectivity index (χ4n) is 2.63. The Kier molecular flexibility index (Phi) is 3.35. The lowest BCUT2D eigenvalue weighted by Crippen LogP contribution is -1.92. The highest BCUT2D eigenvalue weighted by molar-refractivity contribution is 7.99. The lowest BCUT2D eigenvalue weighted by atomic mass is 10.3. The minimum Gasteiger partial charge on any atom is -0.419 e. The second kappa shape index (κ2) is 5.71. The number of para-hydroxylation sites is 2. The van der Waals surface area contributed by atoms with Gasteiger partial charge in [-0.05, 0) is 30.5 Å². The smallest absolute Gasteiger partial charge is 0.257 e. The first-order chi connectivity index (χ1) is 12.3. The van der Waals surface area contributed by atoms with E-state index in [4.69, 9.17) is 4.42 Å². The number of rotatable bonds is 4. The number of hydrogen-bond acceptors (Lipinski definition) is 7. The van der Waals surface area contributed by atoms with Gasteiger partial charge in [-0.1, -0.05) is 30.0 Å². The SMILES string of the molecule is C[C@H](Sc1n[nH]c2nc3ccccc3n12)c1nnc(-c2cccs2)o1. The Morgan fingerprint density at radius 2 is 2.12 bits per heavy atom. The molecule has 7 nitrogen and oxygen atoms in total. The van der Waals surface area contributed by atoms with Gasteiger partial charge >= 0.3 is 0 Å². The molecule has 0 aliphatic carbocycles. The Labute approximate surface area is 150 Å². The van der Waals surface area contributed by atoms with E-state index in [-0.39, 0.29) is 5.25 Å². The maximum absolute atomic E-state index is 5.82. The van der Waals surface area contributed by atoms with Crippen LogP contribution < -0.4 is 0 Å². The summed E-state index contributed by atoms with van der Waals surface area (Å²) >= 11 is 3.13. The van der Waals surface area contributed by atoms with Gasteiger partial charge in [0, 0.05) is 0 Å². The van der Waals surface area contributed by atoms with E-state index in [1.54, 1.807) is 23.1 Å². The molecule has 0 saturated carbocycles. The zero-order chi connectivity index (χ0) is 16.8. The Morgan fingerprint density at radius 1 is 1.20 bits per heavy atom. The summed E-state index contributed by atoms with van der Waals surface area (Å²) in [6, 6.07) is 11.9. The third-order valence-corrected chi connectivity index (χ3v) is 5.70. The maximum atomic E-state index is 5.82. The summed E-state index contributed by atoms with van der Waals surface area (Å²) in [5.74, 6) is 1.85. The van der Waals surface area contributed by atoms with E-state index >= 15 is 0 Å². The summed E-state index contributed by atoms with van der Waals surface area (Å²) in [6.07, 6.45) is 0. The molecule has 1 atom stereocenters. The molecule has 0 amide bonds. The van der Waals surface area contributed by atoms with Crippen molar-refractivity contribution in [3.8, 4) is 10.8 Å². The van der Waals surface area contributed by atoms with Crippen LogP contribution in [0.15, 0.2) is 51.4 Å². The number of fused-ring (bicyclic) bond motifs is 3. The highest BCUT2D eigenvalue weighted by atomic mass is 32.2. The third kappa shape index (κ3) is 2.43. The predicted molar refractivity (Wildman–Crippen MR) is 96.7 cm³/mol. The lowest BCUT2D eigenvalue weighted by molar-refractivity contribution is 0.510. The fraction of sp³-hybridized carbons (Fsp3) is 0.125. The van der Waals surface area contributed by atoms with Gasteiger partial charge in [0.25, 0.3) is 5.89 Å². The van der Waals surface area contributed by atoms with E-state index in [1.165, 1.54) is 0 Å². The quantitative estimate of drug-likeness (QED) is 0.479. The van der Waals surface area contributed by atoms with Crippen LogP contribution in [0.25, 0.3) is 27.6 Å². The van der Waals surface area contributed by atoms with Crippen LogP contribution in [0.4, 0.5) is 0 Å². The van der Waals surface area contributed by atoms with Crippen LogP contribution in [0.5, 0.6) is 0 Å². The fourth-order valence-corrected chi connectivity index (χ4v) is 4.17. The molecule has 0 bridgehead atoms. The number of thiophene rings is 1. The molecule has 25 heavy (non-hydrogen) atoms. The number of imidazole rings is 1. The Morgan fingerprint density at radius 3 is 3.00 bits per heavy atom. The molecular formula is C16H12N6OS2. The molecule has 1 N–H and O–H groups in total. The average molecular weight is 368 g/mol. The van der Waals surface area contributed by atoms with E-state index in [0.29, 0.717) is 11.8 Å². The second-order valence-corrected chi connectivity index (χ2v) is 7.70. The summed E-state index contributed by atoms with van der Waals surface area (Å²) in [6.45, 7) is 2.02. The van der Waals surface area contributed by atoms with Crippen LogP contribution in [0.3, 0.4) is 0 Å². The number of aromatic amines is 1. The molecule has 5 aromatic rings. The number of hydrogen-bond donors (Lipinski definition) is 1. The number of thioether (sulfide) groups is 1. The van der Waals surface area contributed by atoms with Crippen LogP contribution in [0, 0.1) is 0 Å². The monoisotopic (exact) mass is 368 g/mol. The van der Waals surface area contributed by atoms with Gasteiger partial charge in [0.2, 0.25) is 11.7 Å². The zero-order valence-electron chi connectivity index (χ0n) is 13.1. The molecule has 124 valence electrons. The van der Waals surface area contributed by atoms with Crippen molar-refractivity contribution in [1.82, 2.24) is 29.8 Å². The minimum atomic E-state index is -0.0334. The van der Waals surface area contributed by atoms with Gasteiger partial charge in [0.05, 0.1) is 21.2 Å². The number of H-pyrrole nitrogens is 1. The number of benzene rings is 1. The van der Waals surface area contributed by atoms with Crippen molar-refractivity contribution in [2.75, 3.05) is 0 Å². The van der Waals surface area contributed by atoms with E-state index in [2.05, 4.69) is 25.4 Å². The van der Waals surface area contributed by atoms with Crippen molar-refractivity contribution in [3.05, 3.63) is 47.7 Å². The van der Waals surface area contributed by atoms with Gasteiger partial charge in [0.15, 0.2) is 5.16 Å². The molecule has 0 unspecified atom stereocenters. The summed E-state index contributed by atoms with van der Waals surface area (Å²) in [4.78, 5) is 5.51. The molecule has 4 aromatic heterocycles. The predicted octanol–water partition coefficient (Wildman–Crippen LogP) is 4.18. The molecule has 4 heterocycles.